The highest BCUT2D eigenvalue weighted by molar-refractivity contribution is 9.10. The van der Waals surface area contributed by atoms with Crippen molar-refractivity contribution in [1.82, 2.24) is 0 Å². The van der Waals surface area contributed by atoms with E-state index >= 15 is 0 Å². The molecule has 80 valence electrons. The van der Waals surface area contributed by atoms with Crippen molar-refractivity contribution in [2.24, 2.45) is 0 Å². The molecular weight excluding hydrogens is 260 g/mol. The van der Waals surface area contributed by atoms with Crippen LogP contribution in [0.4, 0.5) is 0 Å². The molecule has 0 fully saturated rings. The van der Waals surface area contributed by atoms with Gasteiger partial charge in [-0.1, -0.05) is 70.5 Å². The van der Waals surface area contributed by atoms with E-state index in [1.54, 1.807) is 0 Å². The van der Waals surface area contributed by atoms with Crippen LogP contribution < -0.4 is 0 Å². The van der Waals surface area contributed by atoms with Crippen LogP contribution in [0.25, 0.3) is 6.08 Å². The molecule has 0 amide bonds. The van der Waals surface area contributed by atoms with Crippen molar-refractivity contribution >= 4 is 22.0 Å². The Labute approximate surface area is 105 Å². The number of hydrogen-bond acceptors (Lipinski definition) is 0. The Kier molecular flexibility index (Phi) is 3.95. The molecule has 16 heavy (non-hydrogen) atoms. The van der Waals surface area contributed by atoms with E-state index in [0.29, 0.717) is 0 Å². The molecule has 0 saturated carbocycles. The fourth-order valence-corrected chi connectivity index (χ4v) is 1.78. The fraction of sp³-hybridized carbons (Fsp3) is 0.0667. The van der Waals surface area contributed by atoms with Crippen molar-refractivity contribution in [2.45, 2.75) is 6.42 Å². The zero-order valence-corrected chi connectivity index (χ0v) is 10.5. The summed E-state index contributed by atoms with van der Waals surface area (Å²) in [7, 11) is 0. The molecule has 0 heterocycles. The molecule has 2 rings (SSSR count). The van der Waals surface area contributed by atoms with Crippen molar-refractivity contribution in [2.75, 3.05) is 0 Å². The van der Waals surface area contributed by atoms with Gasteiger partial charge in [0.25, 0.3) is 0 Å². The van der Waals surface area contributed by atoms with E-state index in [9.17, 15) is 0 Å². The Morgan fingerprint density at radius 3 is 2.25 bits per heavy atom. The van der Waals surface area contributed by atoms with Gasteiger partial charge in [0.1, 0.15) is 0 Å². The van der Waals surface area contributed by atoms with Gasteiger partial charge in [-0.2, -0.15) is 0 Å². The predicted molar refractivity (Wildman–Crippen MR) is 73.3 cm³/mol. The molecule has 2 aromatic rings. The zero-order chi connectivity index (χ0) is 11.2. The molecule has 0 atom stereocenters. The highest BCUT2D eigenvalue weighted by Gasteiger charge is 1.88. The van der Waals surface area contributed by atoms with Crippen LogP contribution in [-0.4, -0.2) is 0 Å². The van der Waals surface area contributed by atoms with E-state index in [1.165, 1.54) is 11.1 Å². The summed E-state index contributed by atoms with van der Waals surface area (Å²) in [6.07, 6.45) is 5.33. The van der Waals surface area contributed by atoms with Gasteiger partial charge in [-0.05, 0) is 29.7 Å². The minimum absolute atomic E-state index is 0.983. The fourth-order valence-electron chi connectivity index (χ4n) is 1.52. The minimum atomic E-state index is 0.983. The monoisotopic (exact) mass is 272 g/mol. The molecule has 2 aromatic carbocycles. The Morgan fingerprint density at radius 2 is 1.56 bits per heavy atom. The Morgan fingerprint density at radius 1 is 0.875 bits per heavy atom. The molecule has 0 aromatic heterocycles. The van der Waals surface area contributed by atoms with Crippen LogP contribution in [-0.2, 0) is 6.42 Å². The molecule has 0 aliphatic carbocycles. The van der Waals surface area contributed by atoms with Crippen molar-refractivity contribution in [3.8, 4) is 0 Å². The lowest BCUT2D eigenvalue weighted by molar-refractivity contribution is 1.28. The Balaban J connectivity index is 1.98. The first kappa shape index (κ1) is 11.2. The van der Waals surface area contributed by atoms with E-state index in [-0.39, 0.29) is 0 Å². The Hall–Kier alpha value is -1.34. The van der Waals surface area contributed by atoms with Gasteiger partial charge in [-0.25, -0.2) is 0 Å². The summed E-state index contributed by atoms with van der Waals surface area (Å²) in [5.41, 5.74) is 2.58. The topological polar surface area (TPSA) is 0 Å². The number of halogens is 1. The highest BCUT2D eigenvalue weighted by atomic mass is 79.9. The molecule has 0 nitrogen and oxygen atoms in total. The van der Waals surface area contributed by atoms with Gasteiger partial charge in [-0.3, -0.25) is 0 Å². The summed E-state index contributed by atoms with van der Waals surface area (Å²) in [6.45, 7) is 0. The number of rotatable bonds is 3. The lowest BCUT2D eigenvalue weighted by Crippen LogP contribution is -1.78. The van der Waals surface area contributed by atoms with Crippen LogP contribution in [0, 0.1) is 0 Å². The first-order valence-corrected chi connectivity index (χ1v) is 6.10. The lowest BCUT2D eigenvalue weighted by Gasteiger charge is -1.95. The molecular formula is C15H13Br. The average Bonchev–Trinajstić information content (AvgIpc) is 2.33. The maximum atomic E-state index is 3.43. The van der Waals surface area contributed by atoms with Crippen molar-refractivity contribution in [3.63, 3.8) is 0 Å². The normalized spacial score (nSPS) is 10.8. The average molecular weight is 273 g/mol. The number of hydrogen-bond donors (Lipinski definition) is 0. The largest absolute Gasteiger partial charge is 0.0795 e. The molecule has 0 aliphatic heterocycles. The van der Waals surface area contributed by atoms with Crippen molar-refractivity contribution in [1.29, 1.82) is 0 Å². The smallest absolute Gasteiger partial charge is 0.0175 e. The second kappa shape index (κ2) is 5.66. The summed E-state index contributed by atoms with van der Waals surface area (Å²) < 4.78 is 1.12. The van der Waals surface area contributed by atoms with Gasteiger partial charge in [-0.15, -0.1) is 0 Å². The molecule has 0 N–H and O–H groups in total. The van der Waals surface area contributed by atoms with E-state index < -0.39 is 0 Å². The SMILES string of the molecule is Brc1ccc(/C=C/Cc2ccccc2)cc1. The molecule has 0 saturated heterocycles. The zero-order valence-electron chi connectivity index (χ0n) is 8.94. The second-order valence-electron chi connectivity index (χ2n) is 3.64. The van der Waals surface area contributed by atoms with Gasteiger partial charge in [0, 0.05) is 4.47 Å². The molecule has 0 unspecified atom stereocenters. The van der Waals surface area contributed by atoms with E-state index in [4.69, 9.17) is 0 Å². The van der Waals surface area contributed by atoms with Crippen LogP contribution >= 0.6 is 15.9 Å². The maximum Gasteiger partial charge on any atom is 0.0175 e. The van der Waals surface area contributed by atoms with Crippen LogP contribution in [0.2, 0.25) is 0 Å². The highest BCUT2D eigenvalue weighted by Crippen LogP contribution is 2.12. The molecule has 0 spiro atoms. The van der Waals surface area contributed by atoms with E-state index in [1.807, 2.05) is 6.07 Å². The van der Waals surface area contributed by atoms with Gasteiger partial charge < -0.3 is 0 Å². The predicted octanol–water partition coefficient (Wildman–Crippen LogP) is 4.71. The van der Waals surface area contributed by atoms with Crippen LogP contribution in [0.1, 0.15) is 11.1 Å². The number of allylic oxidation sites excluding steroid dienone is 1. The summed E-state index contributed by atoms with van der Waals surface area (Å²) in [5.74, 6) is 0. The summed E-state index contributed by atoms with van der Waals surface area (Å²) >= 11 is 3.43. The third-order valence-electron chi connectivity index (χ3n) is 2.38. The Bertz CT molecular complexity index is 455. The van der Waals surface area contributed by atoms with Crippen molar-refractivity contribution < 1.29 is 0 Å². The summed E-state index contributed by atoms with van der Waals surface area (Å²) in [5, 5.41) is 0. The van der Waals surface area contributed by atoms with E-state index in [2.05, 4.69) is 76.6 Å². The minimum Gasteiger partial charge on any atom is -0.0795 e. The lowest BCUT2D eigenvalue weighted by atomic mass is 10.1. The van der Waals surface area contributed by atoms with Crippen LogP contribution in [0.5, 0.6) is 0 Å². The number of benzene rings is 2. The summed E-state index contributed by atoms with van der Waals surface area (Å²) in [4.78, 5) is 0. The standard InChI is InChI=1S/C15H13Br/c16-15-11-9-14(10-12-15)8-4-7-13-5-2-1-3-6-13/h1-6,8-12H,7H2/b8-4+. The third kappa shape index (κ3) is 3.35. The van der Waals surface area contributed by atoms with Crippen LogP contribution in [0.15, 0.2) is 65.1 Å². The van der Waals surface area contributed by atoms with Gasteiger partial charge in [0.05, 0.1) is 0 Å². The molecule has 0 radical (unpaired) electrons. The maximum absolute atomic E-state index is 3.43. The van der Waals surface area contributed by atoms with E-state index in [0.717, 1.165) is 10.9 Å². The first-order valence-electron chi connectivity index (χ1n) is 5.30. The van der Waals surface area contributed by atoms with Crippen molar-refractivity contribution in [3.05, 3.63) is 76.3 Å². The molecule has 0 bridgehead atoms. The van der Waals surface area contributed by atoms with Gasteiger partial charge in [0.15, 0.2) is 0 Å². The third-order valence-corrected chi connectivity index (χ3v) is 2.91. The molecule has 0 aliphatic rings. The van der Waals surface area contributed by atoms with Crippen LogP contribution in [0.3, 0.4) is 0 Å². The quantitative estimate of drug-likeness (QED) is 0.760. The van der Waals surface area contributed by atoms with Gasteiger partial charge in [0.2, 0.25) is 0 Å². The first-order chi connectivity index (χ1) is 7.84. The second-order valence-corrected chi connectivity index (χ2v) is 4.56. The summed E-state index contributed by atoms with van der Waals surface area (Å²) in [6, 6.07) is 18.8. The van der Waals surface area contributed by atoms with Gasteiger partial charge >= 0.3 is 0 Å². The molecule has 1 heteroatoms.